The molecule has 0 aromatic heterocycles. The van der Waals surface area contributed by atoms with E-state index in [4.69, 9.17) is 4.74 Å². The summed E-state index contributed by atoms with van der Waals surface area (Å²) in [5.41, 5.74) is 0. The van der Waals surface area contributed by atoms with Crippen molar-refractivity contribution in [1.82, 2.24) is 0 Å². The molecular weight excluding hydrogens is 260 g/mol. The van der Waals surface area contributed by atoms with Gasteiger partial charge >= 0.3 is 5.97 Å². The molecule has 2 aliphatic carbocycles. The van der Waals surface area contributed by atoms with Gasteiger partial charge in [-0.1, -0.05) is 38.7 Å². The van der Waals surface area contributed by atoms with Crippen LogP contribution in [0.25, 0.3) is 0 Å². The molecule has 2 aliphatic rings. The van der Waals surface area contributed by atoms with Crippen LogP contribution in [0.2, 0.25) is 0 Å². The van der Waals surface area contributed by atoms with Gasteiger partial charge in [-0.3, -0.25) is 0 Å². The first-order valence-corrected chi connectivity index (χ1v) is 9.06. The smallest absolute Gasteiger partial charge is 0.330 e. The van der Waals surface area contributed by atoms with Crippen LogP contribution < -0.4 is 0 Å². The van der Waals surface area contributed by atoms with Crippen molar-refractivity contribution < 1.29 is 9.53 Å². The Bertz CT molecular complexity index is 331. The summed E-state index contributed by atoms with van der Waals surface area (Å²) in [5, 5.41) is 0. The van der Waals surface area contributed by atoms with Crippen molar-refractivity contribution in [1.29, 1.82) is 0 Å². The topological polar surface area (TPSA) is 26.3 Å². The van der Waals surface area contributed by atoms with Crippen LogP contribution in [0.5, 0.6) is 0 Å². The Balaban J connectivity index is 1.68. The highest BCUT2D eigenvalue weighted by molar-refractivity contribution is 5.81. The molecule has 0 aliphatic heterocycles. The zero-order valence-corrected chi connectivity index (χ0v) is 13.9. The van der Waals surface area contributed by atoms with Gasteiger partial charge in [-0.15, -0.1) is 0 Å². The molecule has 0 N–H and O–H groups in total. The van der Waals surface area contributed by atoms with Crippen molar-refractivity contribution >= 4 is 5.97 Å². The van der Waals surface area contributed by atoms with E-state index in [1.807, 2.05) is 6.92 Å². The molecule has 0 atom stereocenters. The van der Waals surface area contributed by atoms with E-state index in [0.29, 0.717) is 0 Å². The minimum atomic E-state index is -0.166. The maximum absolute atomic E-state index is 11.5. The summed E-state index contributed by atoms with van der Waals surface area (Å²) in [6.07, 6.45) is 16.7. The van der Waals surface area contributed by atoms with Gasteiger partial charge in [0.25, 0.3) is 0 Å². The third-order valence-electron chi connectivity index (χ3n) is 5.56. The SMILES string of the molecule is CC=CC(=O)OC1CCC(C2CCC(CCC)CC2)CC1. The second-order valence-electron chi connectivity index (χ2n) is 7.04. The standard InChI is InChI=1S/C19H32O2/c1-3-5-15-7-9-16(10-8-15)17-11-13-18(14-12-17)21-19(20)6-4-2/h4,6,15-18H,3,5,7-14H2,1-2H3. The highest BCUT2D eigenvalue weighted by Gasteiger charge is 2.31. The third kappa shape index (κ3) is 5.16. The Kier molecular flexibility index (Phi) is 6.79. The maximum atomic E-state index is 11.5. The lowest BCUT2D eigenvalue weighted by Gasteiger charge is -2.37. The molecule has 0 aromatic carbocycles. The van der Waals surface area contributed by atoms with Gasteiger partial charge in [-0.25, -0.2) is 4.79 Å². The number of hydrogen-bond donors (Lipinski definition) is 0. The van der Waals surface area contributed by atoms with E-state index in [9.17, 15) is 4.79 Å². The fourth-order valence-corrected chi connectivity index (χ4v) is 4.37. The molecule has 0 amide bonds. The van der Waals surface area contributed by atoms with Crippen molar-refractivity contribution in [3.63, 3.8) is 0 Å². The first kappa shape index (κ1) is 16.6. The molecule has 120 valence electrons. The van der Waals surface area contributed by atoms with E-state index in [1.54, 1.807) is 6.08 Å². The first-order valence-electron chi connectivity index (χ1n) is 9.06. The highest BCUT2D eigenvalue weighted by atomic mass is 16.5. The molecule has 0 spiro atoms. The normalized spacial score (nSPS) is 34.0. The van der Waals surface area contributed by atoms with Gasteiger partial charge in [-0.05, 0) is 63.2 Å². The summed E-state index contributed by atoms with van der Waals surface area (Å²) in [4.78, 5) is 11.5. The summed E-state index contributed by atoms with van der Waals surface area (Å²) < 4.78 is 5.49. The molecular formula is C19H32O2. The number of carbonyl (C=O) groups is 1. The van der Waals surface area contributed by atoms with E-state index in [1.165, 1.54) is 57.4 Å². The molecule has 2 rings (SSSR count). The van der Waals surface area contributed by atoms with E-state index in [2.05, 4.69) is 6.92 Å². The van der Waals surface area contributed by atoms with Crippen LogP contribution in [-0.2, 0) is 9.53 Å². The monoisotopic (exact) mass is 292 g/mol. The van der Waals surface area contributed by atoms with Crippen LogP contribution >= 0.6 is 0 Å². The molecule has 0 saturated heterocycles. The second-order valence-corrected chi connectivity index (χ2v) is 7.04. The highest BCUT2D eigenvalue weighted by Crippen LogP contribution is 2.41. The summed E-state index contributed by atoms with van der Waals surface area (Å²) >= 11 is 0. The second kappa shape index (κ2) is 8.60. The van der Waals surface area contributed by atoms with E-state index in [0.717, 1.165) is 30.6 Å². The van der Waals surface area contributed by atoms with E-state index < -0.39 is 0 Å². The molecule has 0 unspecified atom stereocenters. The number of carbonyl (C=O) groups excluding carboxylic acids is 1. The molecule has 0 radical (unpaired) electrons. The summed E-state index contributed by atoms with van der Waals surface area (Å²) in [6, 6.07) is 0. The Labute approximate surface area is 130 Å². The predicted octanol–water partition coefficient (Wildman–Crippen LogP) is 5.27. The van der Waals surface area contributed by atoms with Crippen LogP contribution in [0.15, 0.2) is 12.2 Å². The third-order valence-corrected chi connectivity index (χ3v) is 5.56. The molecule has 2 nitrogen and oxygen atoms in total. The molecule has 0 bridgehead atoms. The molecule has 0 heterocycles. The lowest BCUT2D eigenvalue weighted by molar-refractivity contribution is -0.145. The van der Waals surface area contributed by atoms with Gasteiger partial charge < -0.3 is 4.74 Å². The minimum absolute atomic E-state index is 0.166. The molecule has 0 aromatic rings. The number of hydrogen-bond acceptors (Lipinski definition) is 2. The maximum Gasteiger partial charge on any atom is 0.330 e. The number of esters is 1. The van der Waals surface area contributed by atoms with Crippen molar-refractivity contribution in [3.8, 4) is 0 Å². The Morgan fingerprint density at radius 3 is 2.10 bits per heavy atom. The lowest BCUT2D eigenvalue weighted by atomic mass is 9.70. The van der Waals surface area contributed by atoms with Gasteiger partial charge in [0.2, 0.25) is 0 Å². The first-order chi connectivity index (χ1) is 10.2. The van der Waals surface area contributed by atoms with Gasteiger partial charge in [-0.2, -0.15) is 0 Å². The minimum Gasteiger partial charge on any atom is -0.459 e. The van der Waals surface area contributed by atoms with Crippen LogP contribution in [0.3, 0.4) is 0 Å². The zero-order valence-electron chi connectivity index (χ0n) is 13.9. The average molecular weight is 292 g/mol. The summed E-state index contributed by atoms with van der Waals surface area (Å²) in [6.45, 7) is 4.16. The quantitative estimate of drug-likeness (QED) is 0.509. The molecule has 2 saturated carbocycles. The van der Waals surface area contributed by atoms with Crippen LogP contribution in [0.4, 0.5) is 0 Å². The van der Waals surface area contributed by atoms with Crippen molar-refractivity contribution in [2.24, 2.45) is 17.8 Å². The van der Waals surface area contributed by atoms with E-state index >= 15 is 0 Å². The molecule has 2 fully saturated rings. The molecule has 21 heavy (non-hydrogen) atoms. The van der Waals surface area contributed by atoms with E-state index in [-0.39, 0.29) is 12.1 Å². The van der Waals surface area contributed by atoms with Crippen molar-refractivity contribution in [3.05, 3.63) is 12.2 Å². The predicted molar refractivity (Wildman–Crippen MR) is 87.0 cm³/mol. The number of allylic oxidation sites excluding steroid dienone is 1. The number of rotatable bonds is 5. The van der Waals surface area contributed by atoms with Gasteiger partial charge in [0.05, 0.1) is 0 Å². The zero-order chi connectivity index (χ0) is 15.1. The van der Waals surface area contributed by atoms with Crippen LogP contribution in [0, 0.1) is 17.8 Å². The summed E-state index contributed by atoms with van der Waals surface area (Å²) in [7, 11) is 0. The molecule has 2 heteroatoms. The number of ether oxygens (including phenoxy) is 1. The fourth-order valence-electron chi connectivity index (χ4n) is 4.37. The van der Waals surface area contributed by atoms with Crippen molar-refractivity contribution in [2.45, 2.75) is 84.2 Å². The van der Waals surface area contributed by atoms with Crippen LogP contribution in [-0.4, -0.2) is 12.1 Å². The fraction of sp³-hybridized carbons (Fsp3) is 0.842. The summed E-state index contributed by atoms with van der Waals surface area (Å²) in [5.74, 6) is 2.68. The Morgan fingerprint density at radius 1 is 1.00 bits per heavy atom. The van der Waals surface area contributed by atoms with Gasteiger partial charge in [0.1, 0.15) is 6.10 Å². The van der Waals surface area contributed by atoms with Gasteiger partial charge in [0.15, 0.2) is 0 Å². The largest absolute Gasteiger partial charge is 0.459 e. The van der Waals surface area contributed by atoms with Crippen LogP contribution in [0.1, 0.15) is 78.1 Å². The lowest BCUT2D eigenvalue weighted by Crippen LogP contribution is -2.29. The average Bonchev–Trinajstić information content (AvgIpc) is 2.49. The van der Waals surface area contributed by atoms with Gasteiger partial charge in [0, 0.05) is 6.08 Å². The Morgan fingerprint density at radius 2 is 1.57 bits per heavy atom. The van der Waals surface area contributed by atoms with Crippen molar-refractivity contribution in [2.75, 3.05) is 0 Å². The Hall–Kier alpha value is -0.790.